The molecule has 1 amide bonds. The van der Waals surface area contributed by atoms with Crippen molar-refractivity contribution in [1.29, 1.82) is 0 Å². The summed E-state index contributed by atoms with van der Waals surface area (Å²) in [5.74, 6) is 1.36. The number of nitrogens with one attached hydrogen (secondary N) is 2. The van der Waals surface area contributed by atoms with Crippen LogP contribution in [0.3, 0.4) is 0 Å². The van der Waals surface area contributed by atoms with Gasteiger partial charge in [0.05, 0.1) is 6.04 Å². The number of rotatable bonds is 4. The third-order valence-electron chi connectivity index (χ3n) is 5.39. The van der Waals surface area contributed by atoms with Gasteiger partial charge in [-0.3, -0.25) is 4.79 Å². The molecular formula is C20H25ClN4O2. The topological polar surface area (TPSA) is 76.1 Å². The van der Waals surface area contributed by atoms with Gasteiger partial charge in [-0.05, 0) is 61.9 Å². The largest absolute Gasteiger partial charge is 0.424 e. The average Bonchev–Trinajstić information content (AvgIpc) is 3.09. The number of aromatic nitrogens is 2. The molecule has 144 valence electrons. The van der Waals surface area contributed by atoms with Crippen molar-refractivity contribution in [2.75, 3.05) is 5.32 Å². The molecule has 27 heavy (non-hydrogen) atoms. The Morgan fingerprint density at radius 3 is 2.74 bits per heavy atom. The van der Waals surface area contributed by atoms with Crippen LogP contribution in [-0.4, -0.2) is 28.0 Å². The van der Waals surface area contributed by atoms with Crippen molar-refractivity contribution in [2.24, 2.45) is 5.92 Å². The zero-order chi connectivity index (χ0) is 17.9. The Labute approximate surface area is 165 Å². The number of hydrogen-bond acceptors (Lipinski definition) is 5. The number of amides is 1. The molecule has 6 nitrogen and oxygen atoms in total. The summed E-state index contributed by atoms with van der Waals surface area (Å²) in [5, 5.41) is 6.59. The molecule has 2 heterocycles. The zero-order valence-electron chi connectivity index (χ0n) is 15.4. The van der Waals surface area contributed by atoms with E-state index >= 15 is 0 Å². The van der Waals surface area contributed by atoms with Gasteiger partial charge < -0.3 is 15.4 Å². The SMILES string of the molecule is Cc1cc(Oc2ncccn2)ccc1NC(=O)C1CC2CCCCC2N1.Cl. The molecule has 1 saturated heterocycles. The maximum Gasteiger partial charge on any atom is 0.321 e. The van der Waals surface area contributed by atoms with Crippen LogP contribution in [0.15, 0.2) is 36.7 Å². The highest BCUT2D eigenvalue weighted by molar-refractivity contribution is 5.95. The highest BCUT2D eigenvalue weighted by atomic mass is 35.5. The van der Waals surface area contributed by atoms with E-state index in [0.29, 0.717) is 23.7 Å². The van der Waals surface area contributed by atoms with Crippen molar-refractivity contribution in [2.45, 2.75) is 51.1 Å². The van der Waals surface area contributed by atoms with Gasteiger partial charge in [0.1, 0.15) is 5.75 Å². The van der Waals surface area contributed by atoms with Crippen LogP contribution in [0.1, 0.15) is 37.7 Å². The number of nitrogens with zero attached hydrogens (tertiary/aromatic N) is 2. The van der Waals surface area contributed by atoms with Gasteiger partial charge >= 0.3 is 6.01 Å². The quantitative estimate of drug-likeness (QED) is 0.831. The highest BCUT2D eigenvalue weighted by Gasteiger charge is 2.38. The molecule has 1 aliphatic carbocycles. The van der Waals surface area contributed by atoms with E-state index in [4.69, 9.17) is 4.74 Å². The van der Waals surface area contributed by atoms with Gasteiger partial charge in [-0.2, -0.15) is 0 Å². The number of aryl methyl sites for hydroxylation is 1. The second-order valence-electron chi connectivity index (χ2n) is 7.21. The summed E-state index contributed by atoms with van der Waals surface area (Å²) in [5.41, 5.74) is 1.76. The molecule has 0 spiro atoms. The fourth-order valence-electron chi connectivity index (χ4n) is 4.02. The Hall–Kier alpha value is -2.18. The van der Waals surface area contributed by atoms with Crippen LogP contribution in [0, 0.1) is 12.8 Å². The number of fused-ring (bicyclic) bond motifs is 1. The molecule has 0 bridgehead atoms. The van der Waals surface area contributed by atoms with E-state index in [1.165, 1.54) is 25.7 Å². The molecule has 3 atom stereocenters. The van der Waals surface area contributed by atoms with Crippen LogP contribution >= 0.6 is 12.4 Å². The summed E-state index contributed by atoms with van der Waals surface area (Å²) in [7, 11) is 0. The number of carbonyl (C=O) groups is 1. The summed E-state index contributed by atoms with van der Waals surface area (Å²) in [6.07, 6.45) is 9.22. The average molecular weight is 389 g/mol. The van der Waals surface area contributed by atoms with E-state index in [9.17, 15) is 4.79 Å². The fourth-order valence-corrected chi connectivity index (χ4v) is 4.02. The maximum absolute atomic E-state index is 12.7. The van der Waals surface area contributed by atoms with Crippen LogP contribution in [0.2, 0.25) is 0 Å². The number of benzene rings is 1. The van der Waals surface area contributed by atoms with Crippen molar-refractivity contribution in [3.05, 3.63) is 42.2 Å². The van der Waals surface area contributed by atoms with E-state index in [0.717, 1.165) is 17.7 Å². The molecule has 2 fully saturated rings. The summed E-state index contributed by atoms with van der Waals surface area (Å²) in [4.78, 5) is 20.8. The highest BCUT2D eigenvalue weighted by Crippen LogP contribution is 2.33. The number of carbonyl (C=O) groups excluding carboxylic acids is 1. The second-order valence-corrected chi connectivity index (χ2v) is 7.21. The molecule has 3 unspecified atom stereocenters. The van der Waals surface area contributed by atoms with Gasteiger partial charge in [-0.1, -0.05) is 12.8 Å². The number of halogens is 1. The molecular weight excluding hydrogens is 364 g/mol. The molecule has 2 aromatic rings. The first-order valence-corrected chi connectivity index (χ1v) is 9.31. The fraction of sp³-hybridized carbons (Fsp3) is 0.450. The maximum atomic E-state index is 12.7. The van der Waals surface area contributed by atoms with Crippen LogP contribution in [-0.2, 0) is 4.79 Å². The predicted molar refractivity (Wildman–Crippen MR) is 106 cm³/mol. The predicted octanol–water partition coefficient (Wildman–Crippen LogP) is 3.86. The Balaban J connectivity index is 0.00000210. The van der Waals surface area contributed by atoms with Gasteiger partial charge in [0.2, 0.25) is 5.91 Å². The van der Waals surface area contributed by atoms with Crippen molar-refractivity contribution >= 4 is 24.0 Å². The minimum absolute atomic E-state index is 0. The molecule has 1 aliphatic heterocycles. The normalized spacial score (nSPS) is 23.8. The smallest absolute Gasteiger partial charge is 0.321 e. The number of ether oxygens (including phenoxy) is 1. The Kier molecular flexibility index (Phi) is 6.29. The lowest BCUT2D eigenvalue weighted by atomic mass is 9.85. The lowest BCUT2D eigenvalue weighted by Gasteiger charge is -2.24. The third kappa shape index (κ3) is 4.57. The first-order chi connectivity index (χ1) is 12.7. The van der Waals surface area contributed by atoms with E-state index in [1.54, 1.807) is 18.5 Å². The zero-order valence-corrected chi connectivity index (χ0v) is 16.2. The summed E-state index contributed by atoms with van der Waals surface area (Å²) >= 11 is 0. The summed E-state index contributed by atoms with van der Waals surface area (Å²) in [6, 6.07) is 8.05. The van der Waals surface area contributed by atoms with Gasteiger partial charge in [0.15, 0.2) is 0 Å². The summed E-state index contributed by atoms with van der Waals surface area (Å²) in [6.45, 7) is 1.95. The van der Waals surface area contributed by atoms with E-state index in [1.807, 2.05) is 25.1 Å². The van der Waals surface area contributed by atoms with Crippen molar-refractivity contribution in [3.63, 3.8) is 0 Å². The van der Waals surface area contributed by atoms with E-state index in [-0.39, 0.29) is 24.4 Å². The molecule has 4 rings (SSSR count). The minimum atomic E-state index is -0.0869. The van der Waals surface area contributed by atoms with Gasteiger partial charge in [0.25, 0.3) is 0 Å². The number of anilines is 1. The van der Waals surface area contributed by atoms with Crippen molar-refractivity contribution < 1.29 is 9.53 Å². The molecule has 1 aromatic heterocycles. The summed E-state index contributed by atoms with van der Waals surface area (Å²) < 4.78 is 5.64. The van der Waals surface area contributed by atoms with Crippen LogP contribution in [0.4, 0.5) is 5.69 Å². The molecule has 1 saturated carbocycles. The van der Waals surface area contributed by atoms with E-state index < -0.39 is 0 Å². The Morgan fingerprint density at radius 2 is 2.00 bits per heavy atom. The van der Waals surface area contributed by atoms with Crippen molar-refractivity contribution in [1.82, 2.24) is 15.3 Å². The van der Waals surface area contributed by atoms with Gasteiger partial charge in [-0.15, -0.1) is 12.4 Å². The molecule has 0 radical (unpaired) electrons. The van der Waals surface area contributed by atoms with Crippen LogP contribution < -0.4 is 15.4 Å². The Bertz CT molecular complexity index is 773. The third-order valence-corrected chi connectivity index (χ3v) is 5.39. The second kappa shape index (κ2) is 8.67. The minimum Gasteiger partial charge on any atom is -0.424 e. The lowest BCUT2D eigenvalue weighted by molar-refractivity contribution is -0.117. The first kappa shape index (κ1) is 19.6. The van der Waals surface area contributed by atoms with Gasteiger partial charge in [0, 0.05) is 24.1 Å². The standard InChI is InChI=1S/C20H24N4O2.ClH/c1-13-11-15(26-20-21-9-4-10-22-20)7-8-16(13)24-19(25)18-12-14-5-2-3-6-17(14)23-18;/h4,7-11,14,17-18,23H,2-3,5-6,12H2,1H3,(H,24,25);1H. The molecule has 7 heteroatoms. The monoisotopic (exact) mass is 388 g/mol. The van der Waals surface area contributed by atoms with E-state index in [2.05, 4.69) is 20.6 Å². The molecule has 1 aromatic carbocycles. The van der Waals surface area contributed by atoms with Gasteiger partial charge in [-0.25, -0.2) is 9.97 Å². The van der Waals surface area contributed by atoms with Crippen molar-refractivity contribution in [3.8, 4) is 11.8 Å². The van der Waals surface area contributed by atoms with Crippen LogP contribution in [0.25, 0.3) is 0 Å². The molecule has 2 aliphatic rings. The molecule has 2 N–H and O–H groups in total. The Morgan fingerprint density at radius 1 is 1.22 bits per heavy atom. The van der Waals surface area contributed by atoms with Crippen LogP contribution in [0.5, 0.6) is 11.8 Å². The lowest BCUT2D eigenvalue weighted by Crippen LogP contribution is -2.40. The first-order valence-electron chi connectivity index (χ1n) is 9.31. The number of hydrogen-bond donors (Lipinski definition) is 2.